The van der Waals surface area contributed by atoms with Crippen LogP contribution >= 0.6 is 11.8 Å². The third-order valence-corrected chi connectivity index (χ3v) is 6.24. The van der Waals surface area contributed by atoms with Crippen LogP contribution in [-0.4, -0.2) is 30.1 Å². The Balaban J connectivity index is 1.95. The van der Waals surface area contributed by atoms with Crippen molar-refractivity contribution in [1.29, 1.82) is 0 Å². The van der Waals surface area contributed by atoms with Crippen LogP contribution < -0.4 is 10.6 Å². The summed E-state index contributed by atoms with van der Waals surface area (Å²) in [5.74, 6) is 2.42. The van der Waals surface area contributed by atoms with Gasteiger partial charge in [0.05, 0.1) is 5.54 Å². The quantitative estimate of drug-likeness (QED) is 0.900. The number of thioether (sulfide) groups is 1. The molecule has 0 aromatic heterocycles. The summed E-state index contributed by atoms with van der Waals surface area (Å²) in [5.41, 5.74) is 9.69. The Morgan fingerprint density at radius 1 is 1.26 bits per heavy atom. The number of nitrogens with two attached hydrogens (primary N) is 1. The van der Waals surface area contributed by atoms with E-state index in [1.54, 1.807) is 0 Å². The van der Waals surface area contributed by atoms with Crippen LogP contribution in [0.2, 0.25) is 0 Å². The lowest BCUT2D eigenvalue weighted by Crippen LogP contribution is -2.59. The molecular weight excluding hydrogens is 252 g/mol. The second-order valence-electron chi connectivity index (χ2n) is 6.79. The fraction of sp³-hybridized carbons (Fsp3) is 0.625. The molecule has 0 aliphatic carbocycles. The first-order chi connectivity index (χ1) is 9.06. The van der Waals surface area contributed by atoms with Crippen LogP contribution in [0.4, 0.5) is 5.69 Å². The molecule has 2 aliphatic heterocycles. The third kappa shape index (κ3) is 2.27. The van der Waals surface area contributed by atoms with Crippen molar-refractivity contribution in [2.75, 3.05) is 29.5 Å². The molecule has 3 rings (SSSR count). The molecular formula is C16H24N2S. The predicted octanol–water partition coefficient (Wildman–Crippen LogP) is 2.91. The van der Waals surface area contributed by atoms with Gasteiger partial charge in [0.1, 0.15) is 0 Å². The summed E-state index contributed by atoms with van der Waals surface area (Å²) < 4.78 is 0. The Kier molecular flexibility index (Phi) is 3.30. The van der Waals surface area contributed by atoms with Crippen LogP contribution in [0, 0.1) is 5.41 Å². The number of hydrogen-bond donors (Lipinski definition) is 1. The molecule has 0 spiro atoms. The first kappa shape index (κ1) is 13.3. The van der Waals surface area contributed by atoms with Gasteiger partial charge in [-0.25, -0.2) is 0 Å². The fourth-order valence-corrected chi connectivity index (χ4v) is 5.27. The largest absolute Gasteiger partial charge is 0.363 e. The zero-order valence-corrected chi connectivity index (χ0v) is 12.8. The summed E-state index contributed by atoms with van der Waals surface area (Å²) in [4.78, 5) is 2.61. The van der Waals surface area contributed by atoms with Gasteiger partial charge in [0.15, 0.2) is 0 Å². The lowest BCUT2D eigenvalue weighted by molar-refractivity contribution is 0.261. The van der Waals surface area contributed by atoms with E-state index in [9.17, 15) is 0 Å². The van der Waals surface area contributed by atoms with Crippen molar-refractivity contribution in [2.24, 2.45) is 11.1 Å². The van der Waals surface area contributed by atoms with E-state index < -0.39 is 0 Å². The number of para-hydroxylation sites is 1. The monoisotopic (exact) mass is 276 g/mol. The van der Waals surface area contributed by atoms with Crippen molar-refractivity contribution < 1.29 is 0 Å². The lowest BCUT2D eigenvalue weighted by atomic mass is 9.78. The zero-order chi connectivity index (χ0) is 13.5. The summed E-state index contributed by atoms with van der Waals surface area (Å²) in [6.45, 7) is 6.65. The molecule has 1 atom stereocenters. The highest BCUT2D eigenvalue weighted by Gasteiger charge is 2.45. The topological polar surface area (TPSA) is 29.3 Å². The average Bonchev–Trinajstić information content (AvgIpc) is 2.81. The van der Waals surface area contributed by atoms with Gasteiger partial charge in [0.25, 0.3) is 0 Å². The molecule has 0 saturated carbocycles. The summed E-state index contributed by atoms with van der Waals surface area (Å²) in [7, 11) is 0. The lowest BCUT2D eigenvalue weighted by Gasteiger charge is -2.50. The number of fused-ring (bicyclic) bond motifs is 1. The van der Waals surface area contributed by atoms with Gasteiger partial charge in [-0.3, -0.25) is 0 Å². The number of rotatable bonds is 2. The molecule has 19 heavy (non-hydrogen) atoms. The van der Waals surface area contributed by atoms with E-state index in [0.717, 1.165) is 13.1 Å². The number of nitrogens with zero attached hydrogens (tertiary/aromatic N) is 1. The van der Waals surface area contributed by atoms with E-state index in [2.05, 4.69) is 54.8 Å². The number of anilines is 1. The molecule has 3 heteroatoms. The maximum Gasteiger partial charge on any atom is 0.0619 e. The van der Waals surface area contributed by atoms with Gasteiger partial charge >= 0.3 is 0 Å². The van der Waals surface area contributed by atoms with Crippen molar-refractivity contribution in [3.63, 3.8) is 0 Å². The molecule has 1 fully saturated rings. The van der Waals surface area contributed by atoms with Crippen LogP contribution in [0.25, 0.3) is 0 Å². The molecule has 2 nitrogen and oxygen atoms in total. The fourth-order valence-electron chi connectivity index (χ4n) is 3.76. The van der Waals surface area contributed by atoms with Crippen LogP contribution in [0.15, 0.2) is 24.3 Å². The van der Waals surface area contributed by atoms with E-state index in [1.165, 1.54) is 35.6 Å². The molecule has 0 radical (unpaired) electrons. The van der Waals surface area contributed by atoms with Gasteiger partial charge < -0.3 is 10.6 Å². The first-order valence-electron chi connectivity index (χ1n) is 7.20. The molecule has 0 amide bonds. The SMILES string of the molecule is CC1(C)CSCC(CN)(N2CCc3ccccc32)C1. The normalized spacial score (nSPS) is 29.3. The second-order valence-corrected chi connectivity index (χ2v) is 7.78. The minimum atomic E-state index is 0.152. The van der Waals surface area contributed by atoms with Gasteiger partial charge in [-0.15, -0.1) is 0 Å². The third-order valence-electron chi connectivity index (χ3n) is 4.51. The smallest absolute Gasteiger partial charge is 0.0619 e. The van der Waals surface area contributed by atoms with Gasteiger partial charge in [-0.05, 0) is 35.6 Å². The molecule has 1 unspecified atom stereocenters. The van der Waals surface area contributed by atoms with Crippen LogP contribution in [0.5, 0.6) is 0 Å². The number of hydrogen-bond acceptors (Lipinski definition) is 3. The summed E-state index contributed by atoms with van der Waals surface area (Å²) >= 11 is 2.07. The molecule has 1 aromatic carbocycles. The Hall–Kier alpha value is -0.670. The average molecular weight is 276 g/mol. The van der Waals surface area contributed by atoms with E-state index in [4.69, 9.17) is 5.73 Å². The maximum absolute atomic E-state index is 6.24. The van der Waals surface area contributed by atoms with E-state index in [-0.39, 0.29) is 5.54 Å². The van der Waals surface area contributed by atoms with E-state index in [0.29, 0.717) is 5.41 Å². The van der Waals surface area contributed by atoms with Gasteiger partial charge in [0, 0.05) is 24.5 Å². The standard InChI is InChI=1S/C16H24N2S/c1-15(2)9-16(10-17,12-19-11-15)18-8-7-13-5-3-4-6-14(13)18/h3-6H,7-12,17H2,1-2H3. The molecule has 2 heterocycles. The summed E-state index contributed by atoms with van der Waals surface area (Å²) in [5, 5.41) is 0. The van der Waals surface area contributed by atoms with Crippen LogP contribution in [0.1, 0.15) is 25.8 Å². The highest BCUT2D eigenvalue weighted by molar-refractivity contribution is 7.99. The Morgan fingerprint density at radius 3 is 2.79 bits per heavy atom. The summed E-state index contributed by atoms with van der Waals surface area (Å²) in [6, 6.07) is 8.84. The second kappa shape index (κ2) is 4.71. The zero-order valence-electron chi connectivity index (χ0n) is 12.0. The molecule has 2 aliphatic rings. The number of benzene rings is 1. The highest BCUT2D eigenvalue weighted by Crippen LogP contribution is 2.45. The molecule has 0 bridgehead atoms. The predicted molar refractivity (Wildman–Crippen MR) is 85.0 cm³/mol. The minimum absolute atomic E-state index is 0.152. The first-order valence-corrected chi connectivity index (χ1v) is 8.35. The molecule has 1 aromatic rings. The van der Waals surface area contributed by atoms with Crippen molar-refractivity contribution in [3.05, 3.63) is 29.8 Å². The molecule has 1 saturated heterocycles. The molecule has 104 valence electrons. The van der Waals surface area contributed by atoms with E-state index >= 15 is 0 Å². The van der Waals surface area contributed by atoms with Crippen LogP contribution in [0.3, 0.4) is 0 Å². The minimum Gasteiger partial charge on any atom is -0.363 e. The maximum atomic E-state index is 6.24. The summed E-state index contributed by atoms with van der Waals surface area (Å²) in [6.07, 6.45) is 2.38. The highest BCUT2D eigenvalue weighted by atomic mass is 32.2. The van der Waals surface area contributed by atoms with Gasteiger partial charge in [-0.1, -0.05) is 32.0 Å². The van der Waals surface area contributed by atoms with Crippen molar-refractivity contribution in [2.45, 2.75) is 32.2 Å². The van der Waals surface area contributed by atoms with Crippen molar-refractivity contribution in [1.82, 2.24) is 0 Å². The van der Waals surface area contributed by atoms with Gasteiger partial charge in [0.2, 0.25) is 0 Å². The Morgan fingerprint density at radius 2 is 2.05 bits per heavy atom. The van der Waals surface area contributed by atoms with Crippen molar-refractivity contribution in [3.8, 4) is 0 Å². The molecule has 2 N–H and O–H groups in total. The van der Waals surface area contributed by atoms with Gasteiger partial charge in [-0.2, -0.15) is 11.8 Å². The Labute approximate surface area is 120 Å². The van der Waals surface area contributed by atoms with Crippen molar-refractivity contribution >= 4 is 17.4 Å². The van der Waals surface area contributed by atoms with E-state index in [1.807, 2.05) is 0 Å². The van der Waals surface area contributed by atoms with Crippen LogP contribution in [-0.2, 0) is 6.42 Å². The Bertz CT molecular complexity index is 472.